The van der Waals surface area contributed by atoms with Gasteiger partial charge >= 0.3 is 0 Å². The maximum atomic E-state index is 6.46. The largest absolute Gasteiger partial charge is 0.483 e. The van der Waals surface area contributed by atoms with Crippen molar-refractivity contribution >= 4 is 39.3 Å². The van der Waals surface area contributed by atoms with Gasteiger partial charge in [0.05, 0.1) is 14.2 Å². The van der Waals surface area contributed by atoms with E-state index in [2.05, 4.69) is 36.7 Å². The molecule has 132 valence electrons. The highest BCUT2D eigenvalue weighted by Gasteiger charge is 2.44. The standard InChI is InChI=1S/C18H24BrClN2O2/c1-10(2)15-16(23-5)22-18(4,17(21-15)24-6)11(3)13-8-7-12(19)9-14(13)20/h7-11,15H,1-6H3/t11?,15-,18+/m1/s1. The van der Waals surface area contributed by atoms with Gasteiger partial charge < -0.3 is 9.47 Å². The average molecular weight is 416 g/mol. The van der Waals surface area contributed by atoms with Crippen molar-refractivity contribution in [2.24, 2.45) is 15.9 Å². The molecule has 2 rings (SSSR count). The first-order valence-corrected chi connectivity index (χ1v) is 9.12. The monoisotopic (exact) mass is 414 g/mol. The summed E-state index contributed by atoms with van der Waals surface area (Å²) in [6.45, 7) is 8.27. The Balaban J connectivity index is 2.52. The molecule has 0 fully saturated rings. The highest BCUT2D eigenvalue weighted by molar-refractivity contribution is 9.10. The molecular weight excluding hydrogens is 392 g/mol. The first-order valence-electron chi connectivity index (χ1n) is 7.95. The number of hydrogen-bond donors (Lipinski definition) is 0. The summed E-state index contributed by atoms with van der Waals surface area (Å²) >= 11 is 9.90. The van der Waals surface area contributed by atoms with Gasteiger partial charge in [-0.05, 0) is 30.5 Å². The number of rotatable bonds is 3. The Bertz CT molecular complexity index is 675. The summed E-state index contributed by atoms with van der Waals surface area (Å²) in [4.78, 5) is 9.68. The minimum atomic E-state index is -0.678. The maximum absolute atomic E-state index is 6.46. The number of aliphatic imine (C=N–C) groups is 2. The van der Waals surface area contributed by atoms with Gasteiger partial charge in [-0.3, -0.25) is 0 Å². The van der Waals surface area contributed by atoms with Crippen LogP contribution in [0.5, 0.6) is 0 Å². The molecule has 0 N–H and O–H groups in total. The van der Waals surface area contributed by atoms with E-state index in [9.17, 15) is 0 Å². The van der Waals surface area contributed by atoms with Crippen LogP contribution in [0.4, 0.5) is 0 Å². The molecular formula is C18H24BrClN2O2. The van der Waals surface area contributed by atoms with E-state index in [1.807, 2.05) is 25.1 Å². The lowest BCUT2D eigenvalue weighted by Crippen LogP contribution is -2.47. The number of ether oxygens (including phenoxy) is 2. The van der Waals surface area contributed by atoms with E-state index >= 15 is 0 Å². The van der Waals surface area contributed by atoms with Crippen LogP contribution in [-0.2, 0) is 9.47 Å². The van der Waals surface area contributed by atoms with Crippen LogP contribution in [0.15, 0.2) is 32.7 Å². The van der Waals surface area contributed by atoms with Gasteiger partial charge in [-0.15, -0.1) is 0 Å². The van der Waals surface area contributed by atoms with Crippen molar-refractivity contribution in [1.82, 2.24) is 0 Å². The minimum Gasteiger partial charge on any atom is -0.483 e. The summed E-state index contributed by atoms with van der Waals surface area (Å²) in [6, 6.07) is 5.74. The molecule has 3 atom stereocenters. The Morgan fingerprint density at radius 2 is 1.88 bits per heavy atom. The van der Waals surface area contributed by atoms with Gasteiger partial charge in [-0.1, -0.05) is 54.4 Å². The van der Waals surface area contributed by atoms with Gasteiger partial charge in [0.2, 0.25) is 11.8 Å². The molecule has 0 radical (unpaired) electrons. The summed E-state index contributed by atoms with van der Waals surface area (Å²) in [6.07, 6.45) is 0. The van der Waals surface area contributed by atoms with Crippen molar-refractivity contribution in [1.29, 1.82) is 0 Å². The lowest BCUT2D eigenvalue weighted by atomic mass is 9.80. The molecule has 0 aliphatic carbocycles. The second-order valence-corrected chi connectivity index (χ2v) is 7.84. The predicted molar refractivity (Wildman–Crippen MR) is 103 cm³/mol. The second-order valence-electron chi connectivity index (χ2n) is 6.52. The SMILES string of the molecule is COC1=N[C@@](C)(C(C)c2ccc(Br)cc2Cl)C(OC)=N[C@@H]1C(C)C. The van der Waals surface area contributed by atoms with Gasteiger partial charge in [-0.25, -0.2) is 9.98 Å². The summed E-state index contributed by atoms with van der Waals surface area (Å²) in [5.41, 5.74) is 0.317. The van der Waals surface area contributed by atoms with E-state index < -0.39 is 5.54 Å². The Morgan fingerprint density at radius 1 is 1.21 bits per heavy atom. The molecule has 6 heteroatoms. The molecule has 0 amide bonds. The third kappa shape index (κ3) is 3.47. The zero-order valence-corrected chi connectivity index (χ0v) is 17.3. The smallest absolute Gasteiger partial charge is 0.213 e. The number of halogens is 2. The Kier molecular flexibility index (Phi) is 5.97. The Labute approximate surface area is 157 Å². The highest BCUT2D eigenvalue weighted by Crippen LogP contribution is 2.40. The summed E-state index contributed by atoms with van der Waals surface area (Å²) in [5, 5.41) is 0.689. The molecule has 1 aliphatic rings. The van der Waals surface area contributed by atoms with E-state index in [0.29, 0.717) is 16.8 Å². The van der Waals surface area contributed by atoms with Gasteiger partial charge in [0, 0.05) is 15.4 Å². The molecule has 0 saturated heterocycles. The Morgan fingerprint density at radius 3 is 2.38 bits per heavy atom. The van der Waals surface area contributed by atoms with Crippen molar-refractivity contribution < 1.29 is 9.47 Å². The number of benzene rings is 1. The van der Waals surface area contributed by atoms with Crippen LogP contribution in [0, 0.1) is 5.92 Å². The fourth-order valence-electron chi connectivity index (χ4n) is 2.95. The topological polar surface area (TPSA) is 43.2 Å². The second kappa shape index (κ2) is 7.44. The molecule has 1 aromatic rings. The average Bonchev–Trinajstić information content (AvgIpc) is 2.53. The normalized spacial score (nSPS) is 25.1. The molecule has 0 aromatic heterocycles. The quantitative estimate of drug-likeness (QED) is 0.690. The van der Waals surface area contributed by atoms with Crippen molar-refractivity contribution in [2.75, 3.05) is 14.2 Å². The molecule has 1 aliphatic heterocycles. The number of nitrogens with zero attached hydrogens (tertiary/aromatic N) is 2. The number of methoxy groups -OCH3 is 2. The van der Waals surface area contributed by atoms with Gasteiger partial charge in [-0.2, -0.15) is 0 Å². The van der Waals surface area contributed by atoms with Crippen LogP contribution < -0.4 is 0 Å². The third-order valence-corrected chi connectivity index (χ3v) is 5.41. The first kappa shape index (κ1) is 19.3. The molecule has 24 heavy (non-hydrogen) atoms. The fraction of sp³-hybridized carbons (Fsp3) is 0.556. The van der Waals surface area contributed by atoms with E-state index in [-0.39, 0.29) is 17.9 Å². The van der Waals surface area contributed by atoms with Crippen LogP contribution in [-0.4, -0.2) is 37.6 Å². The van der Waals surface area contributed by atoms with Gasteiger partial charge in [0.25, 0.3) is 0 Å². The van der Waals surface area contributed by atoms with Crippen LogP contribution in [0.1, 0.15) is 39.2 Å². The maximum Gasteiger partial charge on any atom is 0.213 e. The van der Waals surface area contributed by atoms with Crippen molar-refractivity contribution in [3.8, 4) is 0 Å². The molecule has 0 bridgehead atoms. The molecule has 0 spiro atoms. The van der Waals surface area contributed by atoms with Crippen molar-refractivity contribution in [3.05, 3.63) is 33.3 Å². The van der Waals surface area contributed by atoms with Crippen LogP contribution >= 0.6 is 27.5 Å². The van der Waals surface area contributed by atoms with Crippen molar-refractivity contribution in [3.63, 3.8) is 0 Å². The summed E-state index contributed by atoms with van der Waals surface area (Å²) in [5.74, 6) is 1.47. The lowest BCUT2D eigenvalue weighted by Gasteiger charge is -2.38. The van der Waals surface area contributed by atoms with Crippen LogP contribution in [0.3, 0.4) is 0 Å². The zero-order valence-electron chi connectivity index (χ0n) is 14.9. The first-order chi connectivity index (χ1) is 11.2. The minimum absolute atomic E-state index is 0.0323. The van der Waals surface area contributed by atoms with E-state index in [0.717, 1.165) is 10.0 Å². The number of hydrogen-bond acceptors (Lipinski definition) is 4. The van der Waals surface area contributed by atoms with E-state index in [4.69, 9.17) is 31.1 Å². The summed E-state index contributed by atoms with van der Waals surface area (Å²) < 4.78 is 12.1. The van der Waals surface area contributed by atoms with Gasteiger partial charge in [0.1, 0.15) is 11.6 Å². The lowest BCUT2D eigenvalue weighted by molar-refractivity contribution is 0.297. The fourth-order valence-corrected chi connectivity index (χ4v) is 3.79. The van der Waals surface area contributed by atoms with Crippen molar-refractivity contribution in [2.45, 2.75) is 45.2 Å². The molecule has 4 nitrogen and oxygen atoms in total. The summed E-state index contributed by atoms with van der Waals surface area (Å²) in [7, 11) is 3.27. The molecule has 0 saturated carbocycles. The molecule has 1 aromatic carbocycles. The highest BCUT2D eigenvalue weighted by atomic mass is 79.9. The van der Waals surface area contributed by atoms with Crippen LogP contribution in [0.2, 0.25) is 5.02 Å². The zero-order chi connectivity index (χ0) is 18.1. The van der Waals surface area contributed by atoms with Crippen LogP contribution in [0.25, 0.3) is 0 Å². The molecule has 1 heterocycles. The van der Waals surface area contributed by atoms with Gasteiger partial charge in [0.15, 0.2) is 0 Å². The third-order valence-electron chi connectivity index (χ3n) is 4.59. The van der Waals surface area contributed by atoms with E-state index in [1.54, 1.807) is 14.2 Å². The predicted octanol–water partition coefficient (Wildman–Crippen LogP) is 5.09. The Hall–Kier alpha value is -1.07. The van der Waals surface area contributed by atoms with E-state index in [1.165, 1.54) is 0 Å². The molecule has 1 unspecified atom stereocenters.